The topological polar surface area (TPSA) is 61.9 Å². The lowest BCUT2D eigenvalue weighted by atomic mass is 10.1. The molecule has 0 aliphatic rings. The first-order chi connectivity index (χ1) is 6.79. The first-order valence-corrected chi connectivity index (χ1v) is 5.09. The first kappa shape index (κ1) is 11.9. The smallest absolute Gasteiger partial charge is 0.122 e. The lowest BCUT2D eigenvalue weighted by molar-refractivity contribution is 0.634. The summed E-state index contributed by atoms with van der Waals surface area (Å²) in [6.45, 7) is 6.17. The van der Waals surface area contributed by atoms with Crippen LogP contribution in [-0.2, 0) is 0 Å². The van der Waals surface area contributed by atoms with Gasteiger partial charge in [-0.1, -0.05) is 11.6 Å². The van der Waals surface area contributed by atoms with Crippen molar-refractivity contribution in [3.8, 4) is 0 Å². The molecule has 1 aromatic rings. The van der Waals surface area contributed by atoms with Gasteiger partial charge >= 0.3 is 0 Å². The third kappa shape index (κ3) is 3.44. The van der Waals surface area contributed by atoms with Crippen molar-refractivity contribution in [1.82, 2.24) is 0 Å². The summed E-state index contributed by atoms with van der Waals surface area (Å²) < 4.78 is 0. The Hall–Kier alpha value is -1.22. The van der Waals surface area contributed by atoms with Crippen LogP contribution in [0.15, 0.2) is 18.2 Å². The second-order valence-corrected chi connectivity index (χ2v) is 4.89. The van der Waals surface area contributed by atoms with E-state index >= 15 is 0 Å². The molecular formula is C11H16ClN3. The molecule has 0 unspecified atom stereocenters. The van der Waals surface area contributed by atoms with Gasteiger partial charge in [0.05, 0.1) is 10.7 Å². The van der Waals surface area contributed by atoms with Gasteiger partial charge in [-0.15, -0.1) is 0 Å². The van der Waals surface area contributed by atoms with Crippen molar-refractivity contribution in [3.63, 3.8) is 0 Å². The summed E-state index contributed by atoms with van der Waals surface area (Å²) in [5.41, 5.74) is 6.82. The number of rotatable bonds is 2. The van der Waals surface area contributed by atoms with E-state index in [1.807, 2.05) is 6.07 Å². The van der Waals surface area contributed by atoms with Gasteiger partial charge in [0.25, 0.3) is 0 Å². The molecule has 0 aliphatic carbocycles. The van der Waals surface area contributed by atoms with Gasteiger partial charge in [0.2, 0.25) is 0 Å². The van der Waals surface area contributed by atoms with E-state index in [9.17, 15) is 0 Å². The van der Waals surface area contributed by atoms with Gasteiger partial charge < -0.3 is 11.1 Å². The largest absolute Gasteiger partial charge is 0.384 e. The maximum Gasteiger partial charge on any atom is 0.122 e. The summed E-state index contributed by atoms with van der Waals surface area (Å²) in [5, 5.41) is 11.1. The number of nitrogen functional groups attached to an aromatic ring is 1. The minimum atomic E-state index is -0.0403. The fourth-order valence-corrected chi connectivity index (χ4v) is 1.42. The van der Waals surface area contributed by atoms with Gasteiger partial charge in [-0.2, -0.15) is 0 Å². The zero-order chi connectivity index (χ0) is 11.6. The van der Waals surface area contributed by atoms with E-state index in [1.165, 1.54) is 0 Å². The molecule has 82 valence electrons. The summed E-state index contributed by atoms with van der Waals surface area (Å²) in [6, 6.07) is 5.31. The van der Waals surface area contributed by atoms with Crippen LogP contribution < -0.4 is 11.1 Å². The fourth-order valence-electron chi connectivity index (χ4n) is 1.19. The van der Waals surface area contributed by atoms with Gasteiger partial charge in [0, 0.05) is 11.1 Å². The van der Waals surface area contributed by atoms with Gasteiger partial charge in [-0.3, -0.25) is 5.41 Å². The predicted molar refractivity (Wildman–Crippen MR) is 65.8 cm³/mol. The second-order valence-electron chi connectivity index (χ2n) is 4.48. The molecule has 1 rings (SSSR count). The monoisotopic (exact) mass is 225 g/mol. The van der Waals surface area contributed by atoms with Crippen molar-refractivity contribution in [2.24, 2.45) is 5.73 Å². The number of amidine groups is 1. The molecule has 0 aromatic heterocycles. The summed E-state index contributed by atoms with van der Waals surface area (Å²) in [4.78, 5) is 0. The Morgan fingerprint density at radius 3 is 2.40 bits per heavy atom. The fraction of sp³-hybridized carbons (Fsp3) is 0.364. The summed E-state index contributed by atoms with van der Waals surface area (Å²) in [6.07, 6.45) is 0. The van der Waals surface area contributed by atoms with Gasteiger partial charge in [0.1, 0.15) is 5.84 Å². The second kappa shape index (κ2) is 4.11. The number of hydrogen-bond donors (Lipinski definition) is 3. The Labute approximate surface area is 95.1 Å². The number of nitrogens with two attached hydrogens (primary N) is 1. The Balaban J connectivity index is 2.99. The highest BCUT2D eigenvalue weighted by atomic mass is 35.5. The van der Waals surface area contributed by atoms with E-state index in [4.69, 9.17) is 22.7 Å². The average Bonchev–Trinajstić information content (AvgIpc) is 2.05. The molecule has 0 atom stereocenters. The van der Waals surface area contributed by atoms with Gasteiger partial charge in [-0.05, 0) is 39.0 Å². The van der Waals surface area contributed by atoms with Crippen LogP contribution in [-0.4, -0.2) is 11.4 Å². The van der Waals surface area contributed by atoms with E-state index in [0.29, 0.717) is 10.6 Å². The molecular weight excluding hydrogens is 210 g/mol. The third-order valence-corrected chi connectivity index (χ3v) is 2.10. The lowest BCUT2D eigenvalue weighted by Crippen LogP contribution is -2.26. The zero-order valence-corrected chi connectivity index (χ0v) is 9.94. The molecule has 0 aliphatic heterocycles. The Kier molecular flexibility index (Phi) is 3.25. The molecule has 0 heterocycles. The Bertz CT molecular complexity index is 380. The van der Waals surface area contributed by atoms with Crippen molar-refractivity contribution in [2.45, 2.75) is 26.3 Å². The molecule has 0 radical (unpaired) electrons. The molecule has 0 spiro atoms. The quantitative estimate of drug-likeness (QED) is 0.536. The number of benzene rings is 1. The number of nitrogens with one attached hydrogen (secondary N) is 2. The maximum atomic E-state index is 7.28. The number of hydrogen-bond acceptors (Lipinski definition) is 2. The van der Waals surface area contributed by atoms with E-state index in [2.05, 4.69) is 26.1 Å². The van der Waals surface area contributed by atoms with Crippen LogP contribution in [0.1, 0.15) is 26.3 Å². The van der Waals surface area contributed by atoms with Crippen LogP contribution in [0.3, 0.4) is 0 Å². The molecule has 0 fully saturated rings. The molecule has 0 amide bonds. The van der Waals surface area contributed by atoms with Crippen LogP contribution in [0, 0.1) is 5.41 Å². The standard InChI is InChI=1S/C11H16ClN3/c1-11(2,3)15-9-5-4-7(10(13)14)6-8(9)12/h4-6,15H,1-3H3,(H3,13,14). The van der Waals surface area contributed by atoms with E-state index in [-0.39, 0.29) is 11.4 Å². The zero-order valence-electron chi connectivity index (χ0n) is 9.19. The minimum Gasteiger partial charge on any atom is -0.384 e. The first-order valence-electron chi connectivity index (χ1n) is 4.72. The Morgan fingerprint density at radius 2 is 2.00 bits per heavy atom. The average molecular weight is 226 g/mol. The minimum absolute atomic E-state index is 0.0270. The van der Waals surface area contributed by atoms with E-state index in [0.717, 1.165) is 5.69 Å². The van der Waals surface area contributed by atoms with Crippen LogP contribution in [0.5, 0.6) is 0 Å². The van der Waals surface area contributed by atoms with Crippen molar-refractivity contribution in [2.75, 3.05) is 5.32 Å². The Morgan fingerprint density at radius 1 is 1.40 bits per heavy atom. The van der Waals surface area contributed by atoms with Gasteiger partial charge in [0.15, 0.2) is 0 Å². The van der Waals surface area contributed by atoms with Crippen LogP contribution in [0.2, 0.25) is 5.02 Å². The number of halogens is 1. The molecule has 4 N–H and O–H groups in total. The summed E-state index contributed by atoms with van der Waals surface area (Å²) in [7, 11) is 0. The highest BCUT2D eigenvalue weighted by molar-refractivity contribution is 6.33. The van der Waals surface area contributed by atoms with Gasteiger partial charge in [-0.25, -0.2) is 0 Å². The van der Waals surface area contributed by atoms with Crippen molar-refractivity contribution >= 4 is 23.1 Å². The summed E-state index contributed by atoms with van der Waals surface area (Å²) >= 11 is 6.06. The van der Waals surface area contributed by atoms with Crippen LogP contribution in [0.4, 0.5) is 5.69 Å². The normalized spacial score (nSPS) is 11.2. The van der Waals surface area contributed by atoms with Crippen molar-refractivity contribution < 1.29 is 0 Å². The molecule has 4 heteroatoms. The van der Waals surface area contributed by atoms with E-state index < -0.39 is 0 Å². The highest BCUT2D eigenvalue weighted by Gasteiger charge is 2.12. The molecule has 0 saturated carbocycles. The van der Waals surface area contributed by atoms with Crippen LogP contribution in [0.25, 0.3) is 0 Å². The number of anilines is 1. The molecule has 0 saturated heterocycles. The highest BCUT2D eigenvalue weighted by Crippen LogP contribution is 2.25. The maximum absolute atomic E-state index is 7.28. The van der Waals surface area contributed by atoms with Crippen molar-refractivity contribution in [1.29, 1.82) is 5.41 Å². The third-order valence-electron chi connectivity index (χ3n) is 1.79. The van der Waals surface area contributed by atoms with E-state index in [1.54, 1.807) is 12.1 Å². The molecule has 0 bridgehead atoms. The summed E-state index contributed by atoms with van der Waals surface area (Å²) in [5.74, 6) is 0.0270. The lowest BCUT2D eigenvalue weighted by Gasteiger charge is -2.23. The molecule has 15 heavy (non-hydrogen) atoms. The predicted octanol–water partition coefficient (Wildman–Crippen LogP) is 2.83. The SMILES string of the molecule is CC(C)(C)Nc1ccc(C(=N)N)cc1Cl. The molecule has 3 nitrogen and oxygen atoms in total. The molecule has 1 aromatic carbocycles. The van der Waals surface area contributed by atoms with Crippen LogP contribution >= 0.6 is 11.6 Å². The van der Waals surface area contributed by atoms with Crippen molar-refractivity contribution in [3.05, 3.63) is 28.8 Å².